The van der Waals surface area contributed by atoms with Gasteiger partial charge in [-0.3, -0.25) is 0 Å². The van der Waals surface area contributed by atoms with E-state index >= 15 is 0 Å². The summed E-state index contributed by atoms with van der Waals surface area (Å²) >= 11 is 0. The molecule has 106 valence electrons. The van der Waals surface area contributed by atoms with E-state index in [2.05, 4.69) is 13.5 Å². The molecule has 0 amide bonds. The molecule has 1 atom stereocenters. The summed E-state index contributed by atoms with van der Waals surface area (Å²) in [6.45, 7) is 10.6. The van der Waals surface area contributed by atoms with E-state index in [4.69, 9.17) is 9.15 Å². The summed E-state index contributed by atoms with van der Waals surface area (Å²) in [5, 5.41) is 0.937. The zero-order valence-corrected chi connectivity index (χ0v) is 12.2. The van der Waals surface area contributed by atoms with Crippen molar-refractivity contribution in [2.75, 3.05) is 6.61 Å². The molecular weight excluding hydrogens is 252 g/mol. The predicted molar refractivity (Wildman–Crippen MR) is 81.3 cm³/mol. The Bertz CT molecular complexity index is 682. The smallest absolute Gasteiger partial charge is 0.336 e. The molecule has 0 N–H and O–H groups in total. The third-order valence-corrected chi connectivity index (χ3v) is 3.58. The molecule has 0 aliphatic heterocycles. The van der Waals surface area contributed by atoms with Gasteiger partial charge in [0.05, 0.1) is 6.61 Å². The second-order valence-electron chi connectivity index (χ2n) is 5.29. The van der Waals surface area contributed by atoms with Crippen LogP contribution in [-0.4, -0.2) is 6.61 Å². The fourth-order valence-corrected chi connectivity index (χ4v) is 1.99. The van der Waals surface area contributed by atoms with Gasteiger partial charge in [-0.05, 0) is 43.9 Å². The summed E-state index contributed by atoms with van der Waals surface area (Å²) in [7, 11) is 0. The molecule has 0 saturated carbocycles. The number of ether oxygens (including phenoxy) is 1. The van der Waals surface area contributed by atoms with Crippen molar-refractivity contribution < 1.29 is 9.15 Å². The zero-order valence-electron chi connectivity index (χ0n) is 12.2. The molecular formula is C17H20O3. The molecule has 0 fully saturated rings. The van der Waals surface area contributed by atoms with Crippen molar-refractivity contribution >= 4 is 11.0 Å². The summed E-state index contributed by atoms with van der Waals surface area (Å²) in [5.41, 5.74) is 2.32. The van der Waals surface area contributed by atoms with E-state index in [0.29, 0.717) is 18.1 Å². The van der Waals surface area contributed by atoms with Crippen LogP contribution >= 0.6 is 0 Å². The highest BCUT2D eigenvalue weighted by Gasteiger charge is 2.06. The monoisotopic (exact) mass is 272 g/mol. The number of allylic oxidation sites excluding steroid dienone is 1. The number of fused-ring (bicyclic) bond motifs is 1. The molecule has 0 spiro atoms. The highest BCUT2D eigenvalue weighted by Crippen LogP contribution is 2.22. The number of benzene rings is 1. The van der Waals surface area contributed by atoms with Gasteiger partial charge < -0.3 is 9.15 Å². The average Bonchev–Trinajstić information content (AvgIpc) is 2.37. The highest BCUT2D eigenvalue weighted by molar-refractivity contribution is 5.81. The first-order chi connectivity index (χ1) is 9.47. The minimum Gasteiger partial charge on any atom is -0.493 e. The van der Waals surface area contributed by atoms with Crippen LogP contribution in [0.1, 0.15) is 25.8 Å². The van der Waals surface area contributed by atoms with E-state index in [9.17, 15) is 4.79 Å². The van der Waals surface area contributed by atoms with Crippen LogP contribution in [0.4, 0.5) is 0 Å². The summed E-state index contributed by atoms with van der Waals surface area (Å²) in [6.07, 6.45) is 0.922. The zero-order chi connectivity index (χ0) is 14.7. The molecule has 0 radical (unpaired) electrons. The molecule has 20 heavy (non-hydrogen) atoms. The molecule has 2 rings (SSSR count). The molecule has 2 aromatic rings. The average molecular weight is 272 g/mol. The van der Waals surface area contributed by atoms with Crippen molar-refractivity contribution in [1.82, 2.24) is 0 Å². The van der Waals surface area contributed by atoms with Gasteiger partial charge in [0, 0.05) is 17.5 Å². The Morgan fingerprint density at radius 1 is 1.40 bits per heavy atom. The maximum Gasteiger partial charge on any atom is 0.336 e. The third-order valence-electron chi connectivity index (χ3n) is 3.58. The van der Waals surface area contributed by atoms with E-state index in [1.807, 2.05) is 26.0 Å². The van der Waals surface area contributed by atoms with Crippen molar-refractivity contribution in [2.24, 2.45) is 5.92 Å². The molecule has 1 aromatic heterocycles. The van der Waals surface area contributed by atoms with Gasteiger partial charge in [0.2, 0.25) is 0 Å². The number of hydrogen-bond donors (Lipinski definition) is 0. The summed E-state index contributed by atoms with van der Waals surface area (Å²) < 4.78 is 10.9. The van der Waals surface area contributed by atoms with Gasteiger partial charge in [-0.2, -0.15) is 0 Å². The van der Waals surface area contributed by atoms with Crippen molar-refractivity contribution in [3.05, 3.63) is 52.4 Å². The van der Waals surface area contributed by atoms with Gasteiger partial charge in [0.15, 0.2) is 0 Å². The highest BCUT2D eigenvalue weighted by atomic mass is 16.5. The number of hydrogen-bond acceptors (Lipinski definition) is 3. The summed E-state index contributed by atoms with van der Waals surface area (Å²) in [5.74, 6) is 1.16. The van der Waals surface area contributed by atoms with Crippen LogP contribution in [0.2, 0.25) is 0 Å². The predicted octanol–water partition coefficient (Wildman–Crippen LogP) is 4.08. The number of aryl methyl sites for hydroxylation is 1. The Labute approximate surface area is 118 Å². The van der Waals surface area contributed by atoms with Gasteiger partial charge in [-0.15, -0.1) is 0 Å². The largest absolute Gasteiger partial charge is 0.493 e. The third kappa shape index (κ3) is 3.29. The lowest BCUT2D eigenvalue weighted by molar-refractivity contribution is 0.293. The second kappa shape index (κ2) is 5.95. The molecule has 3 heteroatoms. The quantitative estimate of drug-likeness (QED) is 0.608. The van der Waals surface area contributed by atoms with Crippen molar-refractivity contribution in [3.63, 3.8) is 0 Å². The Kier molecular flexibility index (Phi) is 4.28. The molecule has 0 bridgehead atoms. The Morgan fingerprint density at radius 2 is 2.15 bits per heavy atom. The first kappa shape index (κ1) is 14.4. The van der Waals surface area contributed by atoms with E-state index in [1.54, 1.807) is 6.07 Å². The minimum absolute atomic E-state index is 0.331. The second-order valence-corrected chi connectivity index (χ2v) is 5.29. The molecule has 0 saturated heterocycles. The van der Waals surface area contributed by atoms with Gasteiger partial charge >= 0.3 is 5.63 Å². The fourth-order valence-electron chi connectivity index (χ4n) is 1.99. The van der Waals surface area contributed by atoms with E-state index in [0.717, 1.165) is 28.7 Å². The SMILES string of the molecule is C=C(C)[C@H](C)CCOc1ccc2c(C)cc(=O)oc2c1. The molecule has 0 unspecified atom stereocenters. The van der Waals surface area contributed by atoms with E-state index in [-0.39, 0.29) is 5.63 Å². The summed E-state index contributed by atoms with van der Waals surface area (Å²) in [4.78, 5) is 11.4. The summed E-state index contributed by atoms with van der Waals surface area (Å²) in [6, 6.07) is 7.10. The Morgan fingerprint density at radius 3 is 2.85 bits per heavy atom. The molecule has 1 heterocycles. The Balaban J connectivity index is 2.12. The standard InChI is InChI=1S/C17H20O3/c1-11(2)12(3)7-8-19-14-5-6-15-13(4)9-17(18)20-16(15)10-14/h5-6,9-10,12H,1,7-8H2,2-4H3/t12-/m1/s1. The van der Waals surface area contributed by atoms with Crippen LogP contribution in [0.15, 0.2) is 45.6 Å². The minimum atomic E-state index is -0.331. The lowest BCUT2D eigenvalue weighted by Gasteiger charge is -2.12. The van der Waals surface area contributed by atoms with Crippen LogP contribution in [0.25, 0.3) is 11.0 Å². The van der Waals surface area contributed by atoms with Crippen LogP contribution in [0, 0.1) is 12.8 Å². The maximum absolute atomic E-state index is 11.4. The van der Waals surface area contributed by atoms with E-state index in [1.165, 1.54) is 6.07 Å². The molecule has 0 aliphatic rings. The molecule has 3 nitrogen and oxygen atoms in total. The van der Waals surface area contributed by atoms with Gasteiger partial charge in [0.25, 0.3) is 0 Å². The molecule has 1 aromatic carbocycles. The van der Waals surface area contributed by atoms with Crippen molar-refractivity contribution in [2.45, 2.75) is 27.2 Å². The normalized spacial score (nSPS) is 12.3. The lowest BCUT2D eigenvalue weighted by Crippen LogP contribution is -2.05. The van der Waals surface area contributed by atoms with Gasteiger partial charge in [-0.1, -0.05) is 19.1 Å². The fraction of sp³-hybridized carbons (Fsp3) is 0.353. The van der Waals surface area contributed by atoms with Crippen LogP contribution in [0.3, 0.4) is 0 Å². The molecule has 0 aliphatic carbocycles. The van der Waals surface area contributed by atoms with Crippen LogP contribution in [-0.2, 0) is 0 Å². The Hall–Kier alpha value is -2.03. The van der Waals surface area contributed by atoms with Crippen molar-refractivity contribution in [3.8, 4) is 5.75 Å². The van der Waals surface area contributed by atoms with E-state index < -0.39 is 0 Å². The lowest BCUT2D eigenvalue weighted by atomic mass is 10.0. The van der Waals surface area contributed by atoms with Gasteiger partial charge in [-0.25, -0.2) is 4.79 Å². The first-order valence-corrected chi connectivity index (χ1v) is 6.80. The number of rotatable bonds is 5. The van der Waals surface area contributed by atoms with Crippen molar-refractivity contribution in [1.29, 1.82) is 0 Å². The van der Waals surface area contributed by atoms with Gasteiger partial charge in [0.1, 0.15) is 11.3 Å². The topological polar surface area (TPSA) is 39.4 Å². The first-order valence-electron chi connectivity index (χ1n) is 6.80. The van der Waals surface area contributed by atoms with Crippen LogP contribution in [0.5, 0.6) is 5.75 Å². The maximum atomic E-state index is 11.4. The van der Waals surface area contributed by atoms with Crippen LogP contribution < -0.4 is 10.4 Å².